The zero-order valence-electron chi connectivity index (χ0n) is 10.9. The molecule has 0 aliphatic rings. The minimum Gasteiger partial charge on any atom is -0.497 e. The highest BCUT2D eigenvalue weighted by Crippen LogP contribution is 2.19. The Kier molecular flexibility index (Phi) is 3.97. The Morgan fingerprint density at radius 3 is 2.89 bits per heavy atom. The third-order valence-electron chi connectivity index (χ3n) is 2.82. The molecule has 100 valence electrons. The molecule has 19 heavy (non-hydrogen) atoms. The van der Waals surface area contributed by atoms with Gasteiger partial charge in [0.2, 0.25) is 0 Å². The number of aliphatic hydroxyl groups is 1. The van der Waals surface area contributed by atoms with Gasteiger partial charge in [0.1, 0.15) is 5.75 Å². The number of benzene rings is 1. The molecule has 0 spiro atoms. The van der Waals surface area contributed by atoms with Gasteiger partial charge in [0.15, 0.2) is 0 Å². The molecule has 0 aliphatic carbocycles. The fourth-order valence-corrected chi connectivity index (χ4v) is 1.80. The first-order valence-corrected chi connectivity index (χ1v) is 5.97. The van der Waals surface area contributed by atoms with Crippen LogP contribution in [0.4, 0.5) is 0 Å². The van der Waals surface area contributed by atoms with Crippen molar-refractivity contribution in [1.29, 1.82) is 0 Å². The Balaban J connectivity index is 2.22. The van der Waals surface area contributed by atoms with Gasteiger partial charge in [-0.15, -0.1) is 0 Å². The summed E-state index contributed by atoms with van der Waals surface area (Å²) < 4.78 is 6.37. The largest absolute Gasteiger partial charge is 0.497 e. The fraction of sp³-hybridized carbons (Fsp3) is 0.286. The molecule has 1 atom stereocenters. The van der Waals surface area contributed by atoms with Crippen LogP contribution in [0.3, 0.4) is 0 Å². The van der Waals surface area contributed by atoms with E-state index in [2.05, 4.69) is 5.10 Å². The summed E-state index contributed by atoms with van der Waals surface area (Å²) in [5, 5.41) is 14.2. The van der Waals surface area contributed by atoms with E-state index < -0.39 is 6.10 Å². The number of hydrogen-bond acceptors (Lipinski definition) is 4. The maximum atomic E-state index is 11.6. The van der Waals surface area contributed by atoms with Gasteiger partial charge in [-0.1, -0.05) is 12.1 Å². The maximum Gasteiger partial charge on any atom is 0.266 e. The maximum absolute atomic E-state index is 11.6. The Morgan fingerprint density at radius 1 is 1.37 bits per heavy atom. The molecule has 5 nitrogen and oxygen atoms in total. The van der Waals surface area contributed by atoms with E-state index >= 15 is 0 Å². The van der Waals surface area contributed by atoms with Crippen molar-refractivity contribution in [3.8, 4) is 5.75 Å². The number of ether oxygens (including phenoxy) is 1. The molecule has 1 aromatic carbocycles. The van der Waals surface area contributed by atoms with E-state index in [1.807, 2.05) is 0 Å². The van der Waals surface area contributed by atoms with Crippen LogP contribution in [0.5, 0.6) is 5.75 Å². The normalized spacial score (nSPS) is 12.2. The van der Waals surface area contributed by atoms with Gasteiger partial charge in [-0.3, -0.25) is 4.79 Å². The quantitative estimate of drug-likeness (QED) is 0.899. The number of aryl methyl sites for hydroxylation is 1. The zero-order chi connectivity index (χ0) is 13.8. The summed E-state index contributed by atoms with van der Waals surface area (Å²) >= 11 is 0. The molecule has 0 saturated heterocycles. The zero-order valence-corrected chi connectivity index (χ0v) is 10.9. The lowest BCUT2D eigenvalue weighted by Crippen LogP contribution is -2.25. The van der Waals surface area contributed by atoms with Crippen molar-refractivity contribution in [2.75, 3.05) is 7.11 Å². The van der Waals surface area contributed by atoms with Crippen molar-refractivity contribution in [1.82, 2.24) is 9.78 Å². The molecule has 5 heteroatoms. The Bertz CT molecular complexity index is 622. The molecule has 0 saturated carbocycles. The van der Waals surface area contributed by atoms with Crippen molar-refractivity contribution >= 4 is 0 Å². The lowest BCUT2D eigenvalue weighted by molar-refractivity contribution is 0.148. The first-order chi connectivity index (χ1) is 9.10. The van der Waals surface area contributed by atoms with Gasteiger partial charge in [0.25, 0.3) is 5.56 Å². The van der Waals surface area contributed by atoms with Crippen LogP contribution < -0.4 is 10.3 Å². The van der Waals surface area contributed by atoms with Gasteiger partial charge < -0.3 is 9.84 Å². The van der Waals surface area contributed by atoms with E-state index in [0.717, 1.165) is 5.69 Å². The summed E-state index contributed by atoms with van der Waals surface area (Å²) in [6, 6.07) is 10.2. The minimum absolute atomic E-state index is 0.119. The molecule has 0 fully saturated rings. The summed E-state index contributed by atoms with van der Waals surface area (Å²) in [5.41, 5.74) is 1.19. The molecule has 2 aromatic rings. The minimum atomic E-state index is -0.804. The van der Waals surface area contributed by atoms with Crippen molar-refractivity contribution in [3.05, 3.63) is 58.0 Å². The van der Waals surface area contributed by atoms with E-state index in [9.17, 15) is 9.90 Å². The van der Waals surface area contributed by atoms with Crippen LogP contribution in [0.15, 0.2) is 41.2 Å². The van der Waals surface area contributed by atoms with Gasteiger partial charge in [0, 0.05) is 6.07 Å². The first kappa shape index (κ1) is 13.3. The molecule has 1 heterocycles. The number of methoxy groups -OCH3 is 1. The van der Waals surface area contributed by atoms with Crippen LogP contribution in [-0.2, 0) is 6.54 Å². The first-order valence-electron chi connectivity index (χ1n) is 5.97. The second-order valence-electron chi connectivity index (χ2n) is 4.29. The molecule has 0 radical (unpaired) electrons. The summed E-state index contributed by atoms with van der Waals surface area (Å²) in [6.45, 7) is 1.92. The molecule has 0 bridgehead atoms. The van der Waals surface area contributed by atoms with Crippen LogP contribution >= 0.6 is 0 Å². The lowest BCUT2D eigenvalue weighted by atomic mass is 10.1. The number of rotatable bonds is 4. The van der Waals surface area contributed by atoms with Crippen molar-refractivity contribution in [2.45, 2.75) is 19.6 Å². The van der Waals surface area contributed by atoms with Crippen LogP contribution in [0.25, 0.3) is 0 Å². The fourth-order valence-electron chi connectivity index (χ4n) is 1.80. The number of aromatic nitrogens is 2. The summed E-state index contributed by atoms with van der Waals surface area (Å²) in [7, 11) is 1.57. The smallest absolute Gasteiger partial charge is 0.266 e. The molecule has 0 aliphatic heterocycles. The van der Waals surface area contributed by atoms with Gasteiger partial charge in [0.05, 0.1) is 25.5 Å². The standard InChI is InChI=1S/C14H16N2O3/c1-10-6-7-14(18)16(15-10)9-13(17)11-4-3-5-12(8-11)19-2/h3-8,13,17H,9H2,1-2H3. The third kappa shape index (κ3) is 3.20. The second kappa shape index (κ2) is 5.67. The van der Waals surface area contributed by atoms with Crippen LogP contribution in [0, 0.1) is 6.92 Å². The molecular weight excluding hydrogens is 244 g/mol. The monoisotopic (exact) mass is 260 g/mol. The molecule has 1 unspecified atom stereocenters. The Hall–Kier alpha value is -2.14. The Morgan fingerprint density at radius 2 is 2.16 bits per heavy atom. The highest BCUT2D eigenvalue weighted by atomic mass is 16.5. The molecular formula is C14H16N2O3. The van der Waals surface area contributed by atoms with Gasteiger partial charge in [-0.2, -0.15) is 5.10 Å². The average molecular weight is 260 g/mol. The topological polar surface area (TPSA) is 64.3 Å². The number of hydrogen-bond donors (Lipinski definition) is 1. The second-order valence-corrected chi connectivity index (χ2v) is 4.29. The van der Waals surface area contributed by atoms with E-state index in [-0.39, 0.29) is 12.1 Å². The van der Waals surface area contributed by atoms with Gasteiger partial charge in [-0.05, 0) is 30.7 Å². The van der Waals surface area contributed by atoms with E-state index in [1.165, 1.54) is 10.7 Å². The summed E-state index contributed by atoms with van der Waals surface area (Å²) in [4.78, 5) is 11.6. The predicted molar refractivity (Wildman–Crippen MR) is 71.2 cm³/mol. The molecule has 1 aromatic heterocycles. The van der Waals surface area contributed by atoms with Crippen LogP contribution in [0.2, 0.25) is 0 Å². The van der Waals surface area contributed by atoms with E-state index in [0.29, 0.717) is 11.3 Å². The van der Waals surface area contributed by atoms with E-state index in [4.69, 9.17) is 4.74 Å². The highest BCUT2D eigenvalue weighted by Gasteiger charge is 2.11. The summed E-state index contributed by atoms with van der Waals surface area (Å²) in [5.74, 6) is 0.668. The predicted octanol–water partition coefficient (Wildman–Crippen LogP) is 1.29. The van der Waals surface area contributed by atoms with Crippen LogP contribution in [0.1, 0.15) is 17.4 Å². The SMILES string of the molecule is COc1cccc(C(O)Cn2nc(C)ccc2=O)c1. The van der Waals surface area contributed by atoms with Crippen molar-refractivity contribution in [3.63, 3.8) is 0 Å². The highest BCUT2D eigenvalue weighted by molar-refractivity contribution is 5.29. The summed E-state index contributed by atoms with van der Waals surface area (Å²) in [6.07, 6.45) is -0.804. The van der Waals surface area contributed by atoms with Crippen LogP contribution in [-0.4, -0.2) is 22.0 Å². The third-order valence-corrected chi connectivity index (χ3v) is 2.82. The Labute approximate surface area is 111 Å². The number of aliphatic hydroxyl groups excluding tert-OH is 1. The average Bonchev–Trinajstić information content (AvgIpc) is 2.43. The van der Waals surface area contributed by atoms with Crippen molar-refractivity contribution in [2.24, 2.45) is 0 Å². The number of nitrogens with zero attached hydrogens (tertiary/aromatic N) is 2. The molecule has 2 rings (SSSR count). The lowest BCUT2D eigenvalue weighted by Gasteiger charge is -2.13. The van der Waals surface area contributed by atoms with Crippen molar-refractivity contribution < 1.29 is 9.84 Å². The molecule has 1 N–H and O–H groups in total. The van der Waals surface area contributed by atoms with Gasteiger partial charge in [-0.25, -0.2) is 4.68 Å². The van der Waals surface area contributed by atoms with E-state index in [1.54, 1.807) is 44.4 Å². The van der Waals surface area contributed by atoms with Gasteiger partial charge >= 0.3 is 0 Å². The molecule has 0 amide bonds.